The van der Waals surface area contributed by atoms with Crippen molar-refractivity contribution in [2.75, 3.05) is 18.1 Å². The number of aromatic nitrogens is 2. The van der Waals surface area contributed by atoms with Gasteiger partial charge in [0, 0.05) is 6.54 Å². The summed E-state index contributed by atoms with van der Waals surface area (Å²) in [5.41, 5.74) is 0. The van der Waals surface area contributed by atoms with Gasteiger partial charge in [0.25, 0.3) is 0 Å². The van der Waals surface area contributed by atoms with Gasteiger partial charge >= 0.3 is 0 Å². The van der Waals surface area contributed by atoms with Gasteiger partial charge in [-0.05, 0) is 24.4 Å². The van der Waals surface area contributed by atoms with Crippen molar-refractivity contribution in [1.29, 1.82) is 0 Å². The van der Waals surface area contributed by atoms with Crippen molar-refractivity contribution in [2.24, 2.45) is 0 Å². The quantitative estimate of drug-likeness (QED) is 0.826. The van der Waals surface area contributed by atoms with Crippen molar-refractivity contribution < 1.29 is 9.50 Å². The van der Waals surface area contributed by atoms with Crippen LogP contribution in [-0.4, -0.2) is 34.3 Å². The average molecular weight is 260 g/mol. The van der Waals surface area contributed by atoms with Crippen LogP contribution >= 0.6 is 11.6 Å². The summed E-state index contributed by atoms with van der Waals surface area (Å²) in [6.07, 6.45) is 5.02. The van der Waals surface area contributed by atoms with Crippen molar-refractivity contribution in [1.82, 2.24) is 9.97 Å². The number of hydrogen-bond donors (Lipinski definition) is 1. The van der Waals surface area contributed by atoms with Crippen LogP contribution in [0.3, 0.4) is 0 Å². The van der Waals surface area contributed by atoms with E-state index in [1.807, 2.05) is 0 Å². The van der Waals surface area contributed by atoms with Gasteiger partial charge in [-0.15, -0.1) is 0 Å². The molecule has 0 bridgehead atoms. The molecule has 17 heavy (non-hydrogen) atoms. The van der Waals surface area contributed by atoms with Crippen LogP contribution < -0.4 is 4.90 Å². The maximum atomic E-state index is 13.7. The molecule has 1 aliphatic rings. The Hall–Kier alpha value is -0.940. The topological polar surface area (TPSA) is 49.2 Å². The van der Waals surface area contributed by atoms with Crippen LogP contribution in [0.1, 0.15) is 25.7 Å². The lowest BCUT2D eigenvalue weighted by Gasteiger charge is -2.29. The van der Waals surface area contributed by atoms with E-state index in [1.54, 1.807) is 4.90 Å². The lowest BCUT2D eigenvalue weighted by molar-refractivity contribution is 0.254. The third-order valence-electron chi connectivity index (χ3n) is 3.06. The molecule has 0 saturated carbocycles. The van der Waals surface area contributed by atoms with Crippen LogP contribution in [0, 0.1) is 5.82 Å². The fourth-order valence-corrected chi connectivity index (χ4v) is 2.31. The second-order valence-electron chi connectivity index (χ2n) is 4.19. The molecule has 6 heteroatoms. The molecular formula is C11H15ClFN3O. The van der Waals surface area contributed by atoms with Crippen molar-refractivity contribution in [3.8, 4) is 0 Å². The molecule has 94 valence electrons. The third-order valence-corrected chi connectivity index (χ3v) is 3.24. The Bertz CT molecular complexity index is 391. The predicted molar refractivity (Wildman–Crippen MR) is 63.7 cm³/mol. The first-order chi connectivity index (χ1) is 8.22. The van der Waals surface area contributed by atoms with Crippen molar-refractivity contribution >= 4 is 17.4 Å². The smallest absolute Gasteiger partial charge is 0.224 e. The molecule has 4 nitrogen and oxygen atoms in total. The van der Waals surface area contributed by atoms with Crippen molar-refractivity contribution in [3.63, 3.8) is 0 Å². The van der Waals surface area contributed by atoms with Gasteiger partial charge in [-0.2, -0.15) is 4.98 Å². The van der Waals surface area contributed by atoms with E-state index in [-0.39, 0.29) is 23.8 Å². The van der Waals surface area contributed by atoms with E-state index in [4.69, 9.17) is 11.6 Å². The van der Waals surface area contributed by atoms with Gasteiger partial charge in [-0.25, -0.2) is 9.37 Å². The molecular weight excluding hydrogens is 245 g/mol. The van der Waals surface area contributed by atoms with Crippen LogP contribution in [-0.2, 0) is 0 Å². The Labute approximate surface area is 104 Å². The standard InChI is InChI=1S/C11H15ClFN3O/c12-11-14-6-9(13)10(15-11)16-5-3-1-2-4-8(16)7-17/h6,8,17H,1-5,7H2. The number of hydrogen-bond acceptors (Lipinski definition) is 4. The van der Waals surface area contributed by atoms with E-state index >= 15 is 0 Å². The van der Waals surface area contributed by atoms with E-state index in [0.717, 1.165) is 31.9 Å². The number of nitrogens with zero attached hydrogens (tertiary/aromatic N) is 3. The molecule has 1 fully saturated rings. The summed E-state index contributed by atoms with van der Waals surface area (Å²) < 4.78 is 13.7. The minimum absolute atomic E-state index is 0.00105. The van der Waals surface area contributed by atoms with Crippen LogP contribution in [0.25, 0.3) is 0 Å². The van der Waals surface area contributed by atoms with Gasteiger partial charge in [0.05, 0.1) is 18.8 Å². The largest absolute Gasteiger partial charge is 0.394 e. The molecule has 0 aliphatic carbocycles. The molecule has 1 aromatic heterocycles. The van der Waals surface area contributed by atoms with E-state index < -0.39 is 5.82 Å². The highest BCUT2D eigenvalue weighted by atomic mass is 35.5. The molecule has 1 N–H and O–H groups in total. The van der Waals surface area contributed by atoms with E-state index in [0.29, 0.717) is 6.54 Å². The second-order valence-corrected chi connectivity index (χ2v) is 4.53. The van der Waals surface area contributed by atoms with Crippen LogP contribution in [0.4, 0.5) is 10.2 Å². The van der Waals surface area contributed by atoms with Gasteiger partial charge in [0.15, 0.2) is 11.6 Å². The minimum atomic E-state index is -0.491. The van der Waals surface area contributed by atoms with Crippen LogP contribution in [0.15, 0.2) is 6.20 Å². The Morgan fingerprint density at radius 1 is 1.47 bits per heavy atom. The highest BCUT2D eigenvalue weighted by Gasteiger charge is 2.24. The first-order valence-electron chi connectivity index (χ1n) is 5.78. The minimum Gasteiger partial charge on any atom is -0.394 e. The monoisotopic (exact) mass is 259 g/mol. The van der Waals surface area contributed by atoms with Gasteiger partial charge in [-0.3, -0.25) is 0 Å². The molecule has 0 amide bonds. The summed E-state index contributed by atoms with van der Waals surface area (Å²) in [5, 5.41) is 9.40. The molecule has 0 aromatic carbocycles. The first-order valence-corrected chi connectivity index (χ1v) is 6.15. The molecule has 1 unspecified atom stereocenters. The molecule has 0 spiro atoms. The van der Waals surface area contributed by atoms with Crippen LogP contribution in [0.2, 0.25) is 5.28 Å². The molecule has 0 radical (unpaired) electrons. The number of rotatable bonds is 2. The average Bonchev–Trinajstić information content (AvgIpc) is 2.57. The summed E-state index contributed by atoms with van der Waals surface area (Å²) >= 11 is 5.69. The zero-order valence-electron chi connectivity index (χ0n) is 9.44. The molecule has 1 saturated heterocycles. The summed E-state index contributed by atoms with van der Waals surface area (Å²) in [6, 6.07) is -0.0852. The Morgan fingerprint density at radius 2 is 2.29 bits per heavy atom. The van der Waals surface area contributed by atoms with Gasteiger partial charge < -0.3 is 10.0 Å². The second kappa shape index (κ2) is 5.60. The molecule has 2 heterocycles. The van der Waals surface area contributed by atoms with E-state index in [9.17, 15) is 9.50 Å². The Morgan fingerprint density at radius 3 is 3.06 bits per heavy atom. The lowest BCUT2D eigenvalue weighted by Crippen LogP contribution is -2.38. The third kappa shape index (κ3) is 2.84. The van der Waals surface area contributed by atoms with E-state index in [2.05, 4.69) is 9.97 Å². The summed E-state index contributed by atoms with van der Waals surface area (Å²) in [5.74, 6) is -0.291. The molecule has 1 aromatic rings. The van der Waals surface area contributed by atoms with Crippen molar-refractivity contribution in [3.05, 3.63) is 17.3 Å². The van der Waals surface area contributed by atoms with Gasteiger partial charge in [0.2, 0.25) is 5.28 Å². The van der Waals surface area contributed by atoms with Crippen LogP contribution in [0.5, 0.6) is 0 Å². The zero-order chi connectivity index (χ0) is 12.3. The summed E-state index contributed by atoms with van der Waals surface area (Å²) in [6.45, 7) is 0.691. The SMILES string of the molecule is OCC1CCCCCN1c1nc(Cl)ncc1F. The fraction of sp³-hybridized carbons (Fsp3) is 0.636. The van der Waals surface area contributed by atoms with E-state index in [1.165, 1.54) is 0 Å². The number of halogens is 2. The lowest BCUT2D eigenvalue weighted by atomic mass is 10.1. The normalized spacial score (nSPS) is 21.4. The molecule has 1 atom stereocenters. The van der Waals surface area contributed by atoms with Crippen molar-refractivity contribution in [2.45, 2.75) is 31.7 Å². The number of anilines is 1. The first kappa shape index (κ1) is 12.5. The fourth-order valence-electron chi connectivity index (χ4n) is 2.18. The van der Waals surface area contributed by atoms with Gasteiger partial charge in [-0.1, -0.05) is 12.8 Å². The summed E-state index contributed by atoms with van der Waals surface area (Å²) in [4.78, 5) is 9.33. The molecule has 1 aliphatic heterocycles. The Balaban J connectivity index is 2.31. The number of aliphatic hydroxyl groups excluding tert-OH is 1. The number of aliphatic hydroxyl groups is 1. The van der Waals surface area contributed by atoms with Gasteiger partial charge in [0.1, 0.15) is 0 Å². The summed E-state index contributed by atoms with van der Waals surface area (Å²) in [7, 11) is 0. The maximum Gasteiger partial charge on any atom is 0.224 e. The zero-order valence-corrected chi connectivity index (χ0v) is 10.2. The Kier molecular flexibility index (Phi) is 4.12. The maximum absolute atomic E-state index is 13.7. The highest BCUT2D eigenvalue weighted by Crippen LogP contribution is 2.25. The highest BCUT2D eigenvalue weighted by molar-refractivity contribution is 6.28. The predicted octanol–water partition coefficient (Wildman–Crippen LogP) is 2.01. The molecule has 2 rings (SSSR count).